The van der Waals surface area contributed by atoms with E-state index in [9.17, 15) is 29.6 Å². The second-order valence-electron chi connectivity index (χ2n) is 8.13. The number of aliphatic carboxylic acids is 1. The van der Waals surface area contributed by atoms with E-state index in [1.165, 1.54) is 24.3 Å². The molecule has 0 bridgehead atoms. The van der Waals surface area contributed by atoms with Gasteiger partial charge in [0.15, 0.2) is 0 Å². The molecule has 3 aromatic rings. The average molecular weight is 482 g/mol. The molecule has 0 aliphatic heterocycles. The highest BCUT2D eigenvalue weighted by Gasteiger charge is 2.21. The summed E-state index contributed by atoms with van der Waals surface area (Å²) in [6, 6.07) is 10.8. The van der Waals surface area contributed by atoms with Crippen molar-refractivity contribution in [2.45, 2.75) is 37.8 Å². The van der Waals surface area contributed by atoms with Crippen LogP contribution in [0.1, 0.15) is 35.2 Å². The number of rotatable bonds is 12. The van der Waals surface area contributed by atoms with Crippen molar-refractivity contribution < 1.29 is 24.4 Å². The van der Waals surface area contributed by atoms with Crippen LogP contribution in [0.15, 0.2) is 54.7 Å². The van der Waals surface area contributed by atoms with Crippen LogP contribution in [0.2, 0.25) is 0 Å². The van der Waals surface area contributed by atoms with Gasteiger partial charge in [-0.25, -0.2) is 4.79 Å². The summed E-state index contributed by atoms with van der Waals surface area (Å²) in [6.45, 7) is 0.322. The molecule has 0 spiro atoms. The summed E-state index contributed by atoms with van der Waals surface area (Å²) in [6.07, 6.45) is 3.32. The number of aromatic nitrogens is 1. The fourth-order valence-corrected chi connectivity index (χ4v) is 3.68. The van der Waals surface area contributed by atoms with Gasteiger partial charge in [0, 0.05) is 41.3 Å². The van der Waals surface area contributed by atoms with Crippen molar-refractivity contribution >= 4 is 34.4 Å². The number of aromatic amines is 1. The molecule has 3 rings (SSSR count). The van der Waals surface area contributed by atoms with Crippen molar-refractivity contribution in [1.82, 2.24) is 15.6 Å². The Morgan fingerprint density at radius 2 is 1.80 bits per heavy atom. The lowest BCUT2D eigenvalue weighted by Gasteiger charge is -2.15. The number of hydrogen-bond acceptors (Lipinski definition) is 6. The van der Waals surface area contributed by atoms with Crippen molar-refractivity contribution in [2.24, 2.45) is 5.73 Å². The van der Waals surface area contributed by atoms with Crippen LogP contribution in [0, 0.1) is 10.1 Å². The molecule has 184 valence electrons. The molecule has 1 heterocycles. The van der Waals surface area contributed by atoms with Crippen LogP contribution in [0.4, 0.5) is 5.69 Å². The van der Waals surface area contributed by atoms with E-state index in [2.05, 4.69) is 15.6 Å². The number of carboxylic acids is 1. The van der Waals surface area contributed by atoms with E-state index in [-0.39, 0.29) is 23.6 Å². The van der Waals surface area contributed by atoms with E-state index < -0.39 is 28.9 Å². The highest BCUT2D eigenvalue weighted by atomic mass is 16.6. The largest absolute Gasteiger partial charge is 0.480 e. The molecule has 2 atom stereocenters. The van der Waals surface area contributed by atoms with Crippen molar-refractivity contribution in [3.8, 4) is 0 Å². The molecule has 2 aromatic carbocycles. The van der Waals surface area contributed by atoms with Crippen LogP contribution in [0.25, 0.3) is 10.9 Å². The Labute approximate surface area is 200 Å². The number of nitrogens with two attached hydrogens (primary N) is 1. The third-order valence-corrected chi connectivity index (χ3v) is 5.61. The Kier molecular flexibility index (Phi) is 8.52. The minimum absolute atomic E-state index is 0.123. The summed E-state index contributed by atoms with van der Waals surface area (Å²) >= 11 is 0. The number of carbonyl (C=O) groups is 3. The Bertz CT molecular complexity index is 1210. The van der Waals surface area contributed by atoms with Gasteiger partial charge in [0.2, 0.25) is 5.91 Å². The number of nitrogens with one attached hydrogen (secondary N) is 3. The van der Waals surface area contributed by atoms with Crippen LogP contribution in [0.3, 0.4) is 0 Å². The number of H-pyrrole nitrogens is 1. The van der Waals surface area contributed by atoms with Gasteiger partial charge in [-0.1, -0.05) is 18.2 Å². The zero-order valence-corrected chi connectivity index (χ0v) is 18.9. The maximum Gasteiger partial charge on any atom is 0.326 e. The van der Waals surface area contributed by atoms with Crippen LogP contribution in [-0.2, 0) is 16.0 Å². The van der Waals surface area contributed by atoms with Crippen LogP contribution >= 0.6 is 0 Å². The first-order valence-corrected chi connectivity index (χ1v) is 11.1. The zero-order valence-electron chi connectivity index (χ0n) is 18.9. The van der Waals surface area contributed by atoms with Gasteiger partial charge >= 0.3 is 5.97 Å². The van der Waals surface area contributed by atoms with Crippen molar-refractivity contribution in [2.75, 3.05) is 6.54 Å². The van der Waals surface area contributed by atoms with Crippen LogP contribution < -0.4 is 16.4 Å². The summed E-state index contributed by atoms with van der Waals surface area (Å²) in [7, 11) is 0. The number of nitro groups is 1. The van der Waals surface area contributed by atoms with Gasteiger partial charge in [-0.2, -0.15) is 0 Å². The fourth-order valence-electron chi connectivity index (χ4n) is 3.68. The van der Waals surface area contributed by atoms with Gasteiger partial charge in [0.25, 0.3) is 11.6 Å². The number of carbonyl (C=O) groups excluding carboxylic acids is 2. The minimum Gasteiger partial charge on any atom is -0.480 e. The summed E-state index contributed by atoms with van der Waals surface area (Å²) < 4.78 is 0. The highest BCUT2D eigenvalue weighted by Crippen LogP contribution is 2.18. The van der Waals surface area contributed by atoms with E-state index in [0.29, 0.717) is 25.8 Å². The molecular weight excluding hydrogens is 454 g/mol. The predicted molar refractivity (Wildman–Crippen MR) is 129 cm³/mol. The molecule has 0 aliphatic rings. The fraction of sp³-hybridized carbons (Fsp3) is 0.292. The normalized spacial score (nSPS) is 12.6. The minimum atomic E-state index is -1.19. The molecule has 0 unspecified atom stereocenters. The number of nitro benzene ring substituents is 1. The van der Waals surface area contributed by atoms with E-state index >= 15 is 0 Å². The maximum absolute atomic E-state index is 12.3. The first-order chi connectivity index (χ1) is 16.8. The lowest BCUT2D eigenvalue weighted by Crippen LogP contribution is -2.42. The van der Waals surface area contributed by atoms with E-state index in [1.54, 1.807) is 0 Å². The van der Waals surface area contributed by atoms with Gasteiger partial charge in [-0.15, -0.1) is 0 Å². The first-order valence-electron chi connectivity index (χ1n) is 11.1. The molecular formula is C24H27N5O6. The molecule has 0 aliphatic carbocycles. The number of benzene rings is 2. The molecule has 35 heavy (non-hydrogen) atoms. The first kappa shape index (κ1) is 25.4. The van der Waals surface area contributed by atoms with Gasteiger partial charge in [-0.05, 0) is 49.4 Å². The number of hydrogen-bond donors (Lipinski definition) is 5. The number of fused-ring (bicyclic) bond motifs is 1. The maximum atomic E-state index is 12.3. The molecule has 0 radical (unpaired) electrons. The second-order valence-corrected chi connectivity index (χ2v) is 8.13. The van der Waals surface area contributed by atoms with Gasteiger partial charge in [-0.3, -0.25) is 19.7 Å². The molecule has 2 amide bonds. The molecule has 1 aromatic heterocycles. The Morgan fingerprint density at radius 1 is 1.09 bits per heavy atom. The monoisotopic (exact) mass is 481 g/mol. The molecule has 0 fully saturated rings. The number of non-ortho nitro benzene ring substituents is 1. The van der Waals surface area contributed by atoms with E-state index in [1.807, 2.05) is 30.5 Å². The summed E-state index contributed by atoms with van der Waals surface area (Å²) in [5.74, 6) is -2.12. The standard InChI is InChI=1S/C24H27N5O6/c25-19(13-16-14-27-20-6-2-1-5-18(16)20)23(31)26-12-4-3-7-21(24(32)33)28-22(30)15-8-10-17(11-9-15)29(34)35/h1-2,5-6,8-11,14,19,21,27H,3-4,7,12-13,25H2,(H,26,31)(H,28,30)(H,32,33)/t19-,21-/m0/s1. The predicted octanol–water partition coefficient (Wildman–Crippen LogP) is 2.12. The van der Waals surface area contributed by atoms with Crippen LogP contribution in [0.5, 0.6) is 0 Å². The number of nitrogens with zero attached hydrogens (tertiary/aromatic N) is 1. The van der Waals surface area contributed by atoms with Crippen molar-refractivity contribution in [3.05, 3.63) is 76.0 Å². The lowest BCUT2D eigenvalue weighted by atomic mass is 10.0. The van der Waals surface area contributed by atoms with Crippen LogP contribution in [-0.4, -0.2) is 51.4 Å². The molecule has 11 heteroatoms. The number of para-hydroxylation sites is 1. The Balaban J connectivity index is 1.40. The average Bonchev–Trinajstić information content (AvgIpc) is 3.25. The third kappa shape index (κ3) is 6.87. The SMILES string of the molecule is N[C@@H](Cc1c[nH]c2ccccc12)C(=O)NCCCC[C@H](NC(=O)c1ccc([N+](=O)[O-])cc1)C(=O)O. The molecule has 6 N–H and O–H groups in total. The van der Waals surface area contributed by atoms with E-state index in [4.69, 9.17) is 5.73 Å². The van der Waals surface area contributed by atoms with Gasteiger partial charge in [0.05, 0.1) is 11.0 Å². The second kappa shape index (κ2) is 11.7. The van der Waals surface area contributed by atoms with Crippen molar-refractivity contribution in [3.63, 3.8) is 0 Å². The van der Waals surface area contributed by atoms with Gasteiger partial charge in [0.1, 0.15) is 6.04 Å². The highest BCUT2D eigenvalue weighted by molar-refractivity contribution is 5.96. The molecule has 11 nitrogen and oxygen atoms in total. The summed E-state index contributed by atoms with van der Waals surface area (Å²) in [4.78, 5) is 49.4. The topological polar surface area (TPSA) is 180 Å². The third-order valence-electron chi connectivity index (χ3n) is 5.61. The Morgan fingerprint density at radius 3 is 2.49 bits per heavy atom. The lowest BCUT2D eigenvalue weighted by molar-refractivity contribution is -0.384. The van der Waals surface area contributed by atoms with Crippen molar-refractivity contribution in [1.29, 1.82) is 0 Å². The number of amides is 2. The zero-order chi connectivity index (χ0) is 25.4. The Hall–Kier alpha value is -4.25. The molecule has 0 saturated carbocycles. The summed E-state index contributed by atoms with van der Waals surface area (Å²) in [5.41, 5.74) is 7.94. The number of carboxylic acid groups (broad SMARTS) is 1. The van der Waals surface area contributed by atoms with E-state index in [0.717, 1.165) is 16.5 Å². The molecule has 0 saturated heterocycles. The summed E-state index contributed by atoms with van der Waals surface area (Å²) in [5, 5.41) is 26.3. The number of unbranched alkanes of at least 4 members (excludes halogenated alkanes) is 1. The quantitative estimate of drug-likeness (QED) is 0.149. The smallest absolute Gasteiger partial charge is 0.326 e. The van der Waals surface area contributed by atoms with Gasteiger partial charge < -0.3 is 26.5 Å².